The van der Waals surface area contributed by atoms with E-state index in [0.29, 0.717) is 12.1 Å². The van der Waals surface area contributed by atoms with Crippen LogP contribution in [0.4, 0.5) is 5.82 Å². The molecule has 0 aliphatic rings. The van der Waals surface area contributed by atoms with Gasteiger partial charge in [-0.1, -0.05) is 0 Å². The Hall–Kier alpha value is -1.42. The molecule has 4 nitrogen and oxygen atoms in total. The van der Waals surface area contributed by atoms with Crippen LogP contribution in [0.3, 0.4) is 0 Å². The van der Waals surface area contributed by atoms with Gasteiger partial charge in [-0.15, -0.1) is 0 Å². The molecular formula is C10H15N3O. The van der Waals surface area contributed by atoms with Crippen LogP contribution < -0.4 is 10.2 Å². The number of likely N-dealkylation sites (N-methyl/N-ethyl adjacent to an activating group) is 1. The first-order valence-electron chi connectivity index (χ1n) is 4.46. The number of nitrogens with one attached hydrogen (secondary N) is 1. The Kier molecular flexibility index (Phi) is 3.59. The van der Waals surface area contributed by atoms with Gasteiger partial charge in [-0.25, -0.2) is 4.98 Å². The van der Waals surface area contributed by atoms with E-state index in [-0.39, 0.29) is 5.78 Å². The van der Waals surface area contributed by atoms with E-state index in [1.165, 1.54) is 0 Å². The monoisotopic (exact) mass is 193 g/mol. The van der Waals surface area contributed by atoms with Gasteiger partial charge in [0.1, 0.15) is 5.82 Å². The van der Waals surface area contributed by atoms with Gasteiger partial charge in [-0.2, -0.15) is 0 Å². The van der Waals surface area contributed by atoms with Crippen LogP contribution in [0.25, 0.3) is 0 Å². The molecule has 0 aromatic carbocycles. The fourth-order valence-corrected chi connectivity index (χ4v) is 1.08. The van der Waals surface area contributed by atoms with E-state index in [9.17, 15) is 4.79 Å². The van der Waals surface area contributed by atoms with Crippen LogP contribution in [-0.4, -0.2) is 38.5 Å². The molecule has 0 radical (unpaired) electrons. The predicted octanol–water partition coefficient (Wildman–Crippen LogP) is 0.550. The fraction of sp³-hybridized carbons (Fsp3) is 0.400. The summed E-state index contributed by atoms with van der Waals surface area (Å²) in [5.74, 6) is 0.913. The Morgan fingerprint density at radius 1 is 1.50 bits per heavy atom. The minimum Gasteiger partial charge on any atom is -0.363 e. The normalized spacial score (nSPS) is 9.93. The molecule has 1 aromatic heterocycles. The van der Waals surface area contributed by atoms with Crippen LogP contribution >= 0.6 is 0 Å². The summed E-state index contributed by atoms with van der Waals surface area (Å²) in [6.45, 7) is 0.350. The number of carbonyl (C=O) groups is 1. The van der Waals surface area contributed by atoms with Gasteiger partial charge in [-0.3, -0.25) is 4.79 Å². The van der Waals surface area contributed by atoms with E-state index in [4.69, 9.17) is 0 Å². The highest BCUT2D eigenvalue weighted by Gasteiger charge is 2.05. The summed E-state index contributed by atoms with van der Waals surface area (Å²) in [5.41, 5.74) is 0.643. The zero-order valence-electron chi connectivity index (χ0n) is 8.74. The second kappa shape index (κ2) is 4.72. The maximum Gasteiger partial charge on any atom is 0.178 e. The van der Waals surface area contributed by atoms with Crippen molar-refractivity contribution in [3.8, 4) is 0 Å². The molecule has 0 aliphatic heterocycles. The molecule has 0 atom stereocenters. The molecule has 14 heavy (non-hydrogen) atoms. The van der Waals surface area contributed by atoms with Crippen LogP contribution in [0.1, 0.15) is 10.4 Å². The summed E-state index contributed by atoms with van der Waals surface area (Å²) in [6.07, 6.45) is 1.61. The van der Waals surface area contributed by atoms with Gasteiger partial charge in [0, 0.05) is 25.9 Å². The van der Waals surface area contributed by atoms with Crippen molar-refractivity contribution in [1.82, 2.24) is 10.3 Å². The summed E-state index contributed by atoms with van der Waals surface area (Å²) >= 11 is 0. The zero-order valence-corrected chi connectivity index (χ0v) is 8.74. The van der Waals surface area contributed by atoms with Crippen molar-refractivity contribution in [2.24, 2.45) is 0 Å². The predicted molar refractivity (Wildman–Crippen MR) is 56.8 cm³/mol. The van der Waals surface area contributed by atoms with E-state index in [1.54, 1.807) is 19.3 Å². The number of hydrogen-bond acceptors (Lipinski definition) is 4. The number of pyridine rings is 1. The van der Waals surface area contributed by atoms with Gasteiger partial charge in [-0.05, 0) is 19.2 Å². The molecule has 0 spiro atoms. The van der Waals surface area contributed by atoms with Gasteiger partial charge in [0.05, 0.1) is 6.54 Å². The lowest BCUT2D eigenvalue weighted by atomic mass is 10.2. The quantitative estimate of drug-likeness (QED) is 0.709. The van der Waals surface area contributed by atoms with Crippen molar-refractivity contribution in [2.45, 2.75) is 0 Å². The van der Waals surface area contributed by atoms with E-state index in [0.717, 1.165) is 5.82 Å². The van der Waals surface area contributed by atoms with E-state index in [1.807, 2.05) is 25.1 Å². The number of aromatic nitrogens is 1. The van der Waals surface area contributed by atoms with Crippen LogP contribution in [0, 0.1) is 0 Å². The van der Waals surface area contributed by atoms with E-state index in [2.05, 4.69) is 10.3 Å². The average molecular weight is 193 g/mol. The SMILES string of the molecule is CNCC(=O)c1ccc(N(C)C)nc1. The number of nitrogens with zero attached hydrogens (tertiary/aromatic N) is 2. The third-order valence-electron chi connectivity index (χ3n) is 1.87. The Labute approximate surface area is 83.9 Å². The smallest absolute Gasteiger partial charge is 0.178 e. The number of hydrogen-bond donors (Lipinski definition) is 1. The standard InChI is InChI=1S/C10H15N3O/c1-11-7-9(14)8-4-5-10(12-6-8)13(2)3/h4-6,11H,7H2,1-3H3. The largest absolute Gasteiger partial charge is 0.363 e. The van der Waals surface area contributed by atoms with Crippen molar-refractivity contribution in [1.29, 1.82) is 0 Å². The van der Waals surface area contributed by atoms with Crippen molar-refractivity contribution in [3.05, 3.63) is 23.9 Å². The van der Waals surface area contributed by atoms with Crippen LogP contribution in [0.2, 0.25) is 0 Å². The zero-order chi connectivity index (χ0) is 10.6. The van der Waals surface area contributed by atoms with Crippen LogP contribution in [0.5, 0.6) is 0 Å². The van der Waals surface area contributed by atoms with Crippen molar-refractivity contribution in [3.63, 3.8) is 0 Å². The Bertz CT molecular complexity index is 306. The summed E-state index contributed by atoms with van der Waals surface area (Å²) in [5, 5.41) is 2.82. The summed E-state index contributed by atoms with van der Waals surface area (Å²) in [6, 6.07) is 3.63. The Morgan fingerprint density at radius 2 is 2.21 bits per heavy atom. The van der Waals surface area contributed by atoms with E-state index >= 15 is 0 Å². The molecule has 0 amide bonds. The third kappa shape index (κ3) is 2.53. The summed E-state index contributed by atoms with van der Waals surface area (Å²) in [4.78, 5) is 17.5. The number of carbonyl (C=O) groups excluding carboxylic acids is 1. The molecule has 0 unspecified atom stereocenters. The number of anilines is 1. The lowest BCUT2D eigenvalue weighted by molar-refractivity contribution is 0.0993. The van der Waals surface area contributed by atoms with Gasteiger partial charge in [0.15, 0.2) is 5.78 Å². The highest BCUT2D eigenvalue weighted by Crippen LogP contribution is 2.07. The molecule has 0 saturated carbocycles. The van der Waals surface area contributed by atoms with Crippen molar-refractivity contribution < 1.29 is 4.79 Å². The Morgan fingerprint density at radius 3 is 2.64 bits per heavy atom. The molecule has 1 rings (SSSR count). The van der Waals surface area contributed by atoms with Crippen molar-refractivity contribution in [2.75, 3.05) is 32.6 Å². The summed E-state index contributed by atoms with van der Waals surface area (Å²) < 4.78 is 0. The minimum absolute atomic E-state index is 0.0605. The van der Waals surface area contributed by atoms with Crippen LogP contribution in [-0.2, 0) is 0 Å². The fourth-order valence-electron chi connectivity index (χ4n) is 1.08. The second-order valence-electron chi connectivity index (χ2n) is 3.25. The molecule has 1 aromatic rings. The van der Waals surface area contributed by atoms with E-state index < -0.39 is 0 Å². The first-order valence-corrected chi connectivity index (χ1v) is 4.46. The molecule has 0 fully saturated rings. The maximum atomic E-state index is 11.4. The topological polar surface area (TPSA) is 45.2 Å². The lowest BCUT2D eigenvalue weighted by Crippen LogP contribution is -2.19. The lowest BCUT2D eigenvalue weighted by Gasteiger charge is -2.10. The van der Waals surface area contributed by atoms with Gasteiger partial charge in [0.25, 0.3) is 0 Å². The molecule has 0 saturated heterocycles. The highest BCUT2D eigenvalue weighted by molar-refractivity contribution is 5.97. The maximum absolute atomic E-state index is 11.4. The average Bonchev–Trinajstić information content (AvgIpc) is 2.18. The van der Waals surface area contributed by atoms with Crippen LogP contribution in [0.15, 0.2) is 18.3 Å². The van der Waals surface area contributed by atoms with Gasteiger partial charge in [0.2, 0.25) is 0 Å². The van der Waals surface area contributed by atoms with Gasteiger partial charge >= 0.3 is 0 Å². The molecule has 0 aliphatic carbocycles. The molecule has 0 bridgehead atoms. The minimum atomic E-state index is 0.0605. The van der Waals surface area contributed by atoms with Crippen molar-refractivity contribution >= 4 is 11.6 Å². The number of rotatable bonds is 4. The number of ketones is 1. The second-order valence-corrected chi connectivity index (χ2v) is 3.25. The molecular weight excluding hydrogens is 178 g/mol. The number of Topliss-reactive ketones (excluding diaryl/α,β-unsaturated/α-hetero) is 1. The molecule has 76 valence electrons. The third-order valence-corrected chi connectivity index (χ3v) is 1.87. The highest BCUT2D eigenvalue weighted by atomic mass is 16.1. The summed E-state index contributed by atoms with van der Waals surface area (Å²) in [7, 11) is 5.58. The first kappa shape index (κ1) is 10.7. The molecule has 4 heteroatoms. The first-order chi connectivity index (χ1) is 6.65. The van der Waals surface area contributed by atoms with Gasteiger partial charge < -0.3 is 10.2 Å². The Balaban J connectivity index is 2.78. The molecule has 1 heterocycles. The molecule has 1 N–H and O–H groups in total.